The molecule has 1 aliphatic heterocycles. The standard InChI is InChI=1S/C23H29N2/c1-15(2)18-10-11-19(16(3)14-18)22-24(6)20-9-7-8-17-12-13-23(4,5)25(22)21(17)20/h7-11,14-15H,12-13H2,1-6H3/q+1. The third kappa shape index (κ3) is 2.34. The van der Waals surface area contributed by atoms with Gasteiger partial charge in [0, 0.05) is 5.56 Å². The topological polar surface area (TPSA) is 8.81 Å². The van der Waals surface area contributed by atoms with Crippen LogP contribution >= 0.6 is 0 Å². The van der Waals surface area contributed by atoms with Gasteiger partial charge in [0.2, 0.25) is 0 Å². The quantitative estimate of drug-likeness (QED) is 0.567. The number of nitrogens with zero attached hydrogens (tertiary/aromatic N) is 2. The molecule has 0 unspecified atom stereocenters. The minimum atomic E-state index is 0.131. The van der Waals surface area contributed by atoms with Gasteiger partial charge in [-0.2, -0.15) is 0 Å². The molecule has 2 aromatic carbocycles. The zero-order valence-electron chi connectivity index (χ0n) is 16.4. The molecule has 0 fully saturated rings. The van der Waals surface area contributed by atoms with E-state index in [0.717, 1.165) is 0 Å². The van der Waals surface area contributed by atoms with Crippen LogP contribution < -0.4 is 4.57 Å². The number of aryl methyl sites for hydroxylation is 3. The Hall–Kier alpha value is -2.09. The summed E-state index contributed by atoms with van der Waals surface area (Å²) in [5.74, 6) is 1.90. The maximum Gasteiger partial charge on any atom is 0.290 e. The Bertz CT molecular complexity index is 973. The molecule has 0 amide bonds. The highest BCUT2D eigenvalue weighted by Gasteiger charge is 2.39. The van der Waals surface area contributed by atoms with Gasteiger partial charge in [0.05, 0.1) is 12.6 Å². The number of imidazole rings is 1. The average Bonchev–Trinajstić information content (AvgIpc) is 2.87. The number of aromatic nitrogens is 2. The minimum absolute atomic E-state index is 0.131. The molecule has 0 atom stereocenters. The molecular weight excluding hydrogens is 304 g/mol. The molecule has 0 aliphatic carbocycles. The third-order valence-electron chi connectivity index (χ3n) is 5.98. The highest BCUT2D eigenvalue weighted by atomic mass is 15.2. The van der Waals surface area contributed by atoms with E-state index in [1.54, 1.807) is 0 Å². The first-order valence-electron chi connectivity index (χ1n) is 9.45. The second-order valence-electron chi connectivity index (χ2n) is 8.54. The van der Waals surface area contributed by atoms with Crippen LogP contribution in [0.1, 0.15) is 56.7 Å². The first-order valence-corrected chi connectivity index (χ1v) is 9.45. The molecule has 0 saturated heterocycles. The van der Waals surface area contributed by atoms with Gasteiger partial charge in [0.1, 0.15) is 5.54 Å². The fraction of sp³-hybridized carbons (Fsp3) is 0.435. The Labute approximate surface area is 151 Å². The van der Waals surface area contributed by atoms with Crippen molar-refractivity contribution < 1.29 is 4.57 Å². The molecule has 0 spiro atoms. The fourth-order valence-electron chi connectivity index (χ4n) is 4.42. The molecule has 0 N–H and O–H groups in total. The van der Waals surface area contributed by atoms with E-state index in [4.69, 9.17) is 0 Å². The van der Waals surface area contributed by atoms with E-state index in [9.17, 15) is 0 Å². The third-order valence-corrected chi connectivity index (χ3v) is 5.98. The van der Waals surface area contributed by atoms with Crippen LogP contribution in [0.2, 0.25) is 0 Å². The van der Waals surface area contributed by atoms with Crippen LogP contribution in [0.5, 0.6) is 0 Å². The number of hydrogen-bond acceptors (Lipinski definition) is 0. The van der Waals surface area contributed by atoms with Crippen LogP contribution in [0.15, 0.2) is 36.4 Å². The van der Waals surface area contributed by atoms with E-state index in [1.165, 1.54) is 52.0 Å². The zero-order valence-corrected chi connectivity index (χ0v) is 16.4. The Morgan fingerprint density at radius 1 is 1.12 bits per heavy atom. The Morgan fingerprint density at radius 2 is 1.88 bits per heavy atom. The molecular formula is C23H29N2+. The average molecular weight is 333 g/mol. The number of benzene rings is 2. The molecule has 25 heavy (non-hydrogen) atoms. The summed E-state index contributed by atoms with van der Waals surface area (Å²) in [5, 5.41) is 0. The summed E-state index contributed by atoms with van der Waals surface area (Å²) < 4.78 is 4.99. The van der Waals surface area contributed by atoms with Gasteiger partial charge in [0.15, 0.2) is 11.0 Å². The Balaban J connectivity index is 2.07. The largest absolute Gasteiger partial charge is 0.290 e. The Morgan fingerprint density at radius 3 is 2.56 bits per heavy atom. The van der Waals surface area contributed by atoms with E-state index in [1.807, 2.05) is 0 Å². The molecule has 2 heterocycles. The van der Waals surface area contributed by atoms with Gasteiger partial charge >= 0.3 is 0 Å². The summed E-state index contributed by atoms with van der Waals surface area (Å²) in [6.07, 6.45) is 2.35. The SMILES string of the molecule is Cc1cc(C(C)C)ccc1-c1n(C)c2cccc3c2[n+]1C(C)(C)CC3. The summed E-state index contributed by atoms with van der Waals surface area (Å²) in [4.78, 5) is 0. The van der Waals surface area contributed by atoms with Gasteiger partial charge in [-0.05, 0) is 62.8 Å². The lowest BCUT2D eigenvalue weighted by molar-refractivity contribution is -0.728. The van der Waals surface area contributed by atoms with Crippen LogP contribution in [-0.2, 0) is 19.0 Å². The summed E-state index contributed by atoms with van der Waals surface area (Å²) >= 11 is 0. The highest BCUT2D eigenvalue weighted by molar-refractivity contribution is 5.80. The van der Waals surface area contributed by atoms with Crippen LogP contribution in [0.25, 0.3) is 22.4 Å². The van der Waals surface area contributed by atoms with Crippen molar-refractivity contribution in [3.05, 3.63) is 53.1 Å². The van der Waals surface area contributed by atoms with Crippen molar-refractivity contribution >= 4 is 11.0 Å². The second-order valence-corrected chi connectivity index (χ2v) is 8.54. The minimum Gasteiger partial charge on any atom is -0.226 e. The molecule has 0 saturated carbocycles. The van der Waals surface area contributed by atoms with E-state index in [0.29, 0.717) is 5.92 Å². The van der Waals surface area contributed by atoms with Crippen LogP contribution in [-0.4, -0.2) is 4.57 Å². The monoisotopic (exact) mass is 333 g/mol. The molecule has 1 aromatic heterocycles. The van der Waals surface area contributed by atoms with Gasteiger partial charge < -0.3 is 0 Å². The smallest absolute Gasteiger partial charge is 0.226 e. The molecule has 4 rings (SSSR count). The van der Waals surface area contributed by atoms with Crippen molar-refractivity contribution in [2.45, 2.75) is 58.9 Å². The number of hydrogen-bond donors (Lipinski definition) is 0. The van der Waals surface area contributed by atoms with Crippen molar-refractivity contribution in [1.82, 2.24) is 4.57 Å². The Kier molecular flexibility index (Phi) is 3.57. The number of para-hydroxylation sites is 1. The molecule has 3 aromatic rings. The van der Waals surface area contributed by atoms with Gasteiger partial charge in [-0.1, -0.05) is 38.1 Å². The second kappa shape index (κ2) is 5.45. The molecule has 0 radical (unpaired) electrons. The fourth-order valence-corrected chi connectivity index (χ4v) is 4.42. The lowest BCUT2D eigenvalue weighted by atomic mass is 9.89. The maximum absolute atomic E-state index is 2.60. The molecule has 130 valence electrons. The van der Waals surface area contributed by atoms with E-state index in [-0.39, 0.29) is 5.54 Å². The highest BCUT2D eigenvalue weighted by Crippen LogP contribution is 2.35. The van der Waals surface area contributed by atoms with Crippen molar-refractivity contribution in [3.8, 4) is 11.4 Å². The lowest BCUT2D eigenvalue weighted by Gasteiger charge is -2.28. The van der Waals surface area contributed by atoms with Crippen molar-refractivity contribution in [1.29, 1.82) is 0 Å². The van der Waals surface area contributed by atoms with Crippen molar-refractivity contribution in [2.24, 2.45) is 7.05 Å². The summed E-state index contributed by atoms with van der Waals surface area (Å²) in [6, 6.07) is 13.8. The van der Waals surface area contributed by atoms with E-state index >= 15 is 0 Å². The van der Waals surface area contributed by atoms with Crippen molar-refractivity contribution in [2.75, 3.05) is 0 Å². The van der Waals surface area contributed by atoms with Gasteiger partial charge in [0.25, 0.3) is 5.82 Å². The maximum atomic E-state index is 2.60. The number of rotatable bonds is 2. The predicted octanol–water partition coefficient (Wildman–Crippen LogP) is 5.25. The molecule has 2 nitrogen and oxygen atoms in total. The summed E-state index contributed by atoms with van der Waals surface area (Å²) in [5.41, 5.74) is 8.50. The summed E-state index contributed by atoms with van der Waals surface area (Å²) in [7, 11) is 2.22. The first-order chi connectivity index (χ1) is 11.8. The van der Waals surface area contributed by atoms with Gasteiger partial charge in [-0.25, -0.2) is 9.13 Å². The first kappa shape index (κ1) is 16.4. The predicted molar refractivity (Wildman–Crippen MR) is 105 cm³/mol. The molecule has 2 heteroatoms. The summed E-state index contributed by atoms with van der Waals surface area (Å²) in [6.45, 7) is 11.5. The molecule has 0 bridgehead atoms. The lowest BCUT2D eigenvalue weighted by Crippen LogP contribution is -2.55. The van der Waals surface area contributed by atoms with Crippen LogP contribution in [0.4, 0.5) is 0 Å². The molecule has 1 aliphatic rings. The zero-order chi connectivity index (χ0) is 17.9. The normalized spacial score (nSPS) is 16.0. The van der Waals surface area contributed by atoms with Crippen LogP contribution in [0, 0.1) is 6.92 Å². The van der Waals surface area contributed by atoms with Crippen molar-refractivity contribution in [3.63, 3.8) is 0 Å². The van der Waals surface area contributed by atoms with E-state index < -0.39 is 0 Å². The van der Waals surface area contributed by atoms with Gasteiger partial charge in [-0.15, -0.1) is 0 Å². The van der Waals surface area contributed by atoms with Gasteiger partial charge in [-0.3, -0.25) is 0 Å². The van der Waals surface area contributed by atoms with E-state index in [2.05, 4.69) is 87.2 Å². The van der Waals surface area contributed by atoms with Crippen LogP contribution in [0.3, 0.4) is 0 Å².